The zero-order valence-corrected chi connectivity index (χ0v) is 12.9. The standard InChI is InChI=1S/C15H11Cl2NO4/c1-8(19)22-11-4-2-9(3-5-11)15(21)18-10-6-12(16)14(20)13(17)7-10/h2-7,20H,1H3,(H,18,21). The van der Waals surface area contributed by atoms with Gasteiger partial charge in [-0.05, 0) is 36.4 Å². The van der Waals surface area contributed by atoms with Crippen LogP contribution < -0.4 is 10.1 Å². The number of amides is 1. The number of nitrogens with one attached hydrogen (secondary N) is 1. The lowest BCUT2D eigenvalue weighted by Crippen LogP contribution is -2.12. The summed E-state index contributed by atoms with van der Waals surface area (Å²) in [6.07, 6.45) is 0. The highest BCUT2D eigenvalue weighted by Crippen LogP contribution is 2.34. The molecule has 1 amide bonds. The fourth-order valence-electron chi connectivity index (χ4n) is 1.68. The monoisotopic (exact) mass is 339 g/mol. The smallest absolute Gasteiger partial charge is 0.308 e. The van der Waals surface area contributed by atoms with Crippen LogP contribution in [0.2, 0.25) is 10.0 Å². The van der Waals surface area contributed by atoms with Gasteiger partial charge in [0.2, 0.25) is 0 Å². The Hall–Kier alpha value is -2.24. The first kappa shape index (κ1) is 16.1. The second-order valence-corrected chi connectivity index (χ2v) is 5.18. The third-order valence-corrected chi connectivity index (χ3v) is 3.23. The number of aromatic hydroxyl groups is 1. The zero-order valence-electron chi connectivity index (χ0n) is 11.4. The van der Waals surface area contributed by atoms with Crippen molar-refractivity contribution < 1.29 is 19.4 Å². The molecule has 0 unspecified atom stereocenters. The number of carbonyl (C=O) groups is 2. The number of rotatable bonds is 3. The van der Waals surface area contributed by atoms with Gasteiger partial charge in [0.25, 0.3) is 5.91 Å². The summed E-state index contributed by atoms with van der Waals surface area (Å²) in [4.78, 5) is 22.9. The molecule has 0 bridgehead atoms. The molecule has 2 N–H and O–H groups in total. The molecule has 0 saturated carbocycles. The highest BCUT2D eigenvalue weighted by Gasteiger charge is 2.11. The zero-order chi connectivity index (χ0) is 16.3. The predicted molar refractivity (Wildman–Crippen MR) is 83.8 cm³/mol. The second-order valence-electron chi connectivity index (χ2n) is 4.36. The first-order chi connectivity index (χ1) is 10.4. The fourth-order valence-corrected chi connectivity index (χ4v) is 2.17. The van der Waals surface area contributed by atoms with Crippen molar-refractivity contribution in [3.8, 4) is 11.5 Å². The minimum absolute atomic E-state index is 0.0352. The summed E-state index contributed by atoms with van der Waals surface area (Å²) in [6, 6.07) is 8.80. The highest BCUT2D eigenvalue weighted by atomic mass is 35.5. The first-order valence-electron chi connectivity index (χ1n) is 6.14. The van der Waals surface area contributed by atoms with Crippen molar-refractivity contribution in [1.29, 1.82) is 0 Å². The molecule has 0 aliphatic heterocycles. The first-order valence-corrected chi connectivity index (χ1v) is 6.90. The van der Waals surface area contributed by atoms with E-state index in [1.54, 1.807) is 0 Å². The van der Waals surface area contributed by atoms with Crippen molar-refractivity contribution in [3.63, 3.8) is 0 Å². The number of esters is 1. The number of phenolic OH excluding ortho intramolecular Hbond substituents is 1. The maximum absolute atomic E-state index is 12.1. The second kappa shape index (κ2) is 6.68. The minimum atomic E-state index is -0.439. The SMILES string of the molecule is CC(=O)Oc1ccc(C(=O)Nc2cc(Cl)c(O)c(Cl)c2)cc1. The van der Waals surface area contributed by atoms with Crippen molar-refractivity contribution in [3.05, 3.63) is 52.0 Å². The molecule has 2 rings (SSSR count). The molecule has 22 heavy (non-hydrogen) atoms. The van der Waals surface area contributed by atoms with Crippen molar-refractivity contribution in [2.24, 2.45) is 0 Å². The Balaban J connectivity index is 2.14. The molecule has 2 aromatic carbocycles. The molecule has 0 atom stereocenters. The molecule has 114 valence electrons. The number of phenols is 1. The molecule has 0 aliphatic rings. The molecular weight excluding hydrogens is 329 g/mol. The molecule has 2 aromatic rings. The van der Waals surface area contributed by atoms with Crippen LogP contribution in [-0.2, 0) is 4.79 Å². The largest absolute Gasteiger partial charge is 0.505 e. The van der Waals surface area contributed by atoms with Gasteiger partial charge in [0, 0.05) is 18.2 Å². The Morgan fingerprint density at radius 2 is 1.64 bits per heavy atom. The van der Waals surface area contributed by atoms with E-state index in [4.69, 9.17) is 27.9 Å². The maximum Gasteiger partial charge on any atom is 0.308 e. The lowest BCUT2D eigenvalue weighted by Gasteiger charge is -2.08. The molecule has 0 saturated heterocycles. The maximum atomic E-state index is 12.1. The number of anilines is 1. The molecule has 0 radical (unpaired) electrons. The lowest BCUT2D eigenvalue weighted by atomic mass is 10.2. The van der Waals surface area contributed by atoms with Crippen LogP contribution in [0.4, 0.5) is 5.69 Å². The van der Waals surface area contributed by atoms with Crippen LogP contribution in [0.25, 0.3) is 0 Å². The van der Waals surface area contributed by atoms with E-state index >= 15 is 0 Å². The van der Waals surface area contributed by atoms with Gasteiger partial charge in [0.15, 0.2) is 5.75 Å². The topological polar surface area (TPSA) is 75.6 Å². The van der Waals surface area contributed by atoms with E-state index in [2.05, 4.69) is 5.32 Å². The number of carbonyl (C=O) groups excluding carboxylic acids is 2. The van der Waals surface area contributed by atoms with E-state index in [9.17, 15) is 14.7 Å². The number of hydrogen-bond donors (Lipinski definition) is 2. The molecule has 0 heterocycles. The van der Waals surface area contributed by atoms with Crippen LogP contribution in [-0.4, -0.2) is 17.0 Å². The van der Waals surface area contributed by atoms with Crippen LogP contribution in [0.3, 0.4) is 0 Å². The lowest BCUT2D eigenvalue weighted by molar-refractivity contribution is -0.131. The van der Waals surface area contributed by atoms with Crippen LogP contribution >= 0.6 is 23.2 Å². The van der Waals surface area contributed by atoms with Gasteiger partial charge in [-0.15, -0.1) is 0 Å². The summed E-state index contributed by atoms with van der Waals surface area (Å²) < 4.78 is 4.88. The van der Waals surface area contributed by atoms with Crippen LogP contribution in [0.15, 0.2) is 36.4 Å². The molecule has 0 aromatic heterocycles. The quantitative estimate of drug-likeness (QED) is 0.505. The van der Waals surface area contributed by atoms with Gasteiger partial charge in [-0.25, -0.2) is 0 Å². The van der Waals surface area contributed by atoms with Crippen LogP contribution in [0.5, 0.6) is 11.5 Å². The van der Waals surface area contributed by atoms with Crippen molar-refractivity contribution in [1.82, 2.24) is 0 Å². The number of benzene rings is 2. The minimum Gasteiger partial charge on any atom is -0.505 e. The van der Waals surface area contributed by atoms with E-state index in [1.807, 2.05) is 0 Å². The molecule has 7 heteroatoms. The third-order valence-electron chi connectivity index (χ3n) is 2.65. The van der Waals surface area contributed by atoms with E-state index in [0.29, 0.717) is 17.0 Å². The Morgan fingerprint density at radius 1 is 1.09 bits per heavy atom. The normalized spacial score (nSPS) is 10.1. The number of ether oxygens (including phenoxy) is 1. The summed E-state index contributed by atoms with van der Waals surface area (Å²) in [7, 11) is 0. The van der Waals surface area contributed by atoms with E-state index in [1.165, 1.54) is 43.3 Å². The molecular formula is C15H11Cl2NO4. The summed E-state index contributed by atoms with van der Waals surface area (Å²) >= 11 is 11.6. The molecule has 0 fully saturated rings. The van der Waals surface area contributed by atoms with Gasteiger partial charge in [-0.2, -0.15) is 0 Å². The number of halogens is 2. The van der Waals surface area contributed by atoms with Gasteiger partial charge in [-0.1, -0.05) is 23.2 Å². The van der Waals surface area contributed by atoms with Gasteiger partial charge in [0.1, 0.15) is 5.75 Å². The van der Waals surface area contributed by atoms with E-state index in [-0.39, 0.29) is 15.8 Å². The Morgan fingerprint density at radius 3 is 2.14 bits per heavy atom. The fraction of sp³-hybridized carbons (Fsp3) is 0.0667. The van der Waals surface area contributed by atoms with Gasteiger partial charge in [0.05, 0.1) is 10.0 Å². The summed E-state index contributed by atoms with van der Waals surface area (Å²) in [5, 5.41) is 12.1. The summed E-state index contributed by atoms with van der Waals surface area (Å²) in [5.74, 6) is -0.732. The molecule has 0 aliphatic carbocycles. The molecule has 0 spiro atoms. The van der Waals surface area contributed by atoms with Crippen molar-refractivity contribution in [2.45, 2.75) is 6.92 Å². The van der Waals surface area contributed by atoms with Gasteiger partial charge < -0.3 is 15.2 Å². The Bertz CT molecular complexity index is 706. The van der Waals surface area contributed by atoms with Crippen molar-refractivity contribution in [2.75, 3.05) is 5.32 Å². The van der Waals surface area contributed by atoms with Crippen LogP contribution in [0.1, 0.15) is 17.3 Å². The average Bonchev–Trinajstić information content (AvgIpc) is 2.44. The highest BCUT2D eigenvalue weighted by molar-refractivity contribution is 6.37. The van der Waals surface area contributed by atoms with Gasteiger partial charge in [-0.3, -0.25) is 9.59 Å². The van der Waals surface area contributed by atoms with Crippen molar-refractivity contribution >= 4 is 40.8 Å². The third kappa shape index (κ3) is 3.90. The Labute approximate surface area is 136 Å². The van der Waals surface area contributed by atoms with E-state index < -0.39 is 11.9 Å². The molecule has 5 nitrogen and oxygen atoms in total. The summed E-state index contributed by atoms with van der Waals surface area (Å²) in [5.41, 5.74) is 0.707. The number of hydrogen-bond acceptors (Lipinski definition) is 4. The summed E-state index contributed by atoms with van der Waals surface area (Å²) in [6.45, 7) is 1.29. The Kier molecular flexibility index (Phi) is 4.90. The van der Waals surface area contributed by atoms with Crippen LogP contribution in [0, 0.1) is 0 Å². The average molecular weight is 340 g/mol. The predicted octanol–water partition coefficient (Wildman–Crippen LogP) is 3.88. The van der Waals surface area contributed by atoms with E-state index in [0.717, 1.165) is 0 Å². The van der Waals surface area contributed by atoms with Gasteiger partial charge >= 0.3 is 5.97 Å².